The van der Waals surface area contributed by atoms with Crippen molar-refractivity contribution in [3.8, 4) is 11.4 Å². The Morgan fingerprint density at radius 2 is 2.00 bits per heavy atom. The molecule has 1 aliphatic rings. The molecule has 100 valence electrons. The monoisotopic (exact) mass is 266 g/mol. The maximum absolute atomic E-state index is 12.9. The van der Waals surface area contributed by atoms with Gasteiger partial charge in [-0.3, -0.25) is 0 Å². The van der Waals surface area contributed by atoms with Crippen LogP contribution in [0.4, 0.5) is 13.2 Å². The van der Waals surface area contributed by atoms with Crippen molar-refractivity contribution >= 4 is 0 Å². The van der Waals surface area contributed by atoms with Crippen LogP contribution in [0.15, 0.2) is 24.4 Å². The van der Waals surface area contributed by atoms with Crippen LogP contribution >= 0.6 is 0 Å². The van der Waals surface area contributed by atoms with Gasteiger partial charge in [-0.2, -0.15) is 13.2 Å². The number of aryl methyl sites for hydroxylation is 1. The highest BCUT2D eigenvalue weighted by Gasteiger charge is 2.33. The van der Waals surface area contributed by atoms with Gasteiger partial charge >= 0.3 is 6.18 Å². The van der Waals surface area contributed by atoms with Crippen LogP contribution in [-0.4, -0.2) is 9.97 Å². The zero-order chi connectivity index (χ0) is 13.6. The molecule has 0 atom stereocenters. The van der Waals surface area contributed by atoms with Crippen molar-refractivity contribution in [2.75, 3.05) is 0 Å². The summed E-state index contributed by atoms with van der Waals surface area (Å²) >= 11 is 0. The van der Waals surface area contributed by atoms with Crippen molar-refractivity contribution in [3.05, 3.63) is 41.2 Å². The lowest BCUT2D eigenvalue weighted by molar-refractivity contribution is -0.138. The van der Waals surface area contributed by atoms with Crippen molar-refractivity contribution < 1.29 is 13.2 Å². The molecule has 1 N–H and O–H groups in total. The normalized spacial score (nSPS) is 15.8. The Bertz CT molecular complexity index is 609. The van der Waals surface area contributed by atoms with E-state index in [1.54, 1.807) is 12.3 Å². The molecule has 3 rings (SSSR count). The minimum Gasteiger partial charge on any atom is -0.342 e. The van der Waals surface area contributed by atoms with Crippen LogP contribution in [0.2, 0.25) is 0 Å². The summed E-state index contributed by atoms with van der Waals surface area (Å²) in [4.78, 5) is 7.29. The largest absolute Gasteiger partial charge is 0.416 e. The number of alkyl halides is 3. The molecule has 2 nitrogen and oxygen atoms in total. The van der Waals surface area contributed by atoms with Crippen LogP contribution in [0.1, 0.15) is 35.6 Å². The average molecular weight is 266 g/mol. The third-order valence-corrected chi connectivity index (χ3v) is 3.43. The summed E-state index contributed by atoms with van der Waals surface area (Å²) in [6, 6.07) is 4.31. The molecule has 0 bridgehead atoms. The van der Waals surface area contributed by atoms with Gasteiger partial charge in [-0.1, -0.05) is 12.1 Å². The summed E-state index contributed by atoms with van der Waals surface area (Å²) in [6.07, 6.45) is -0.348. The number of benzene rings is 1. The second kappa shape index (κ2) is 4.11. The Labute approximate surface area is 108 Å². The topological polar surface area (TPSA) is 28.7 Å². The molecule has 0 unspecified atom stereocenters. The van der Waals surface area contributed by atoms with E-state index >= 15 is 0 Å². The Hall–Kier alpha value is -1.78. The van der Waals surface area contributed by atoms with Gasteiger partial charge in [0, 0.05) is 23.4 Å². The number of halogens is 3. The first-order chi connectivity index (χ1) is 8.95. The van der Waals surface area contributed by atoms with Crippen molar-refractivity contribution in [3.63, 3.8) is 0 Å². The molecule has 0 spiro atoms. The number of nitrogens with zero attached hydrogens (tertiary/aromatic N) is 1. The van der Waals surface area contributed by atoms with Gasteiger partial charge < -0.3 is 4.98 Å². The molecule has 1 aliphatic carbocycles. The van der Waals surface area contributed by atoms with E-state index in [4.69, 9.17) is 0 Å². The highest BCUT2D eigenvalue weighted by atomic mass is 19.4. The lowest BCUT2D eigenvalue weighted by Gasteiger charge is -2.11. The molecular formula is C14H13F3N2. The Kier molecular flexibility index (Phi) is 2.66. The van der Waals surface area contributed by atoms with Gasteiger partial charge in [0.2, 0.25) is 0 Å². The Morgan fingerprint density at radius 3 is 2.63 bits per heavy atom. The van der Waals surface area contributed by atoms with Crippen molar-refractivity contribution in [1.82, 2.24) is 9.97 Å². The SMILES string of the molecule is Cc1ccc(-c2ncc(C3CC3)[nH]2)cc1C(F)(F)F. The minimum absolute atomic E-state index is 0.227. The summed E-state index contributed by atoms with van der Waals surface area (Å²) in [5.74, 6) is 1.01. The van der Waals surface area contributed by atoms with Crippen LogP contribution in [-0.2, 0) is 6.18 Å². The first-order valence-corrected chi connectivity index (χ1v) is 6.18. The van der Waals surface area contributed by atoms with Crippen LogP contribution < -0.4 is 0 Å². The molecule has 0 amide bonds. The van der Waals surface area contributed by atoms with Gasteiger partial charge in [0.15, 0.2) is 0 Å². The molecule has 5 heteroatoms. The van der Waals surface area contributed by atoms with Crippen LogP contribution in [0.5, 0.6) is 0 Å². The number of H-pyrrole nitrogens is 1. The number of hydrogen-bond donors (Lipinski definition) is 1. The molecule has 0 radical (unpaired) electrons. The number of imidazole rings is 1. The lowest BCUT2D eigenvalue weighted by atomic mass is 10.0. The van der Waals surface area contributed by atoms with Crippen LogP contribution in [0.25, 0.3) is 11.4 Å². The zero-order valence-electron chi connectivity index (χ0n) is 10.4. The quantitative estimate of drug-likeness (QED) is 0.863. The van der Waals surface area contributed by atoms with E-state index in [2.05, 4.69) is 9.97 Å². The Morgan fingerprint density at radius 1 is 1.26 bits per heavy atom. The second-order valence-corrected chi connectivity index (χ2v) is 4.99. The third kappa shape index (κ3) is 2.37. The predicted octanol–water partition coefficient (Wildman–Crippen LogP) is 4.28. The predicted molar refractivity (Wildman–Crippen MR) is 65.7 cm³/mol. The molecule has 2 aromatic rings. The van der Waals surface area contributed by atoms with E-state index in [0.29, 0.717) is 17.3 Å². The first kappa shape index (κ1) is 12.3. The van der Waals surface area contributed by atoms with Gasteiger partial charge in [-0.05, 0) is 31.4 Å². The number of aromatic amines is 1. The maximum atomic E-state index is 12.9. The molecule has 1 heterocycles. The number of nitrogens with one attached hydrogen (secondary N) is 1. The first-order valence-electron chi connectivity index (χ1n) is 6.18. The minimum atomic E-state index is -4.33. The summed E-state index contributed by atoms with van der Waals surface area (Å²) in [7, 11) is 0. The molecular weight excluding hydrogens is 253 g/mol. The molecule has 1 aromatic carbocycles. The molecule has 1 fully saturated rings. The fourth-order valence-electron chi connectivity index (χ4n) is 2.16. The molecule has 0 saturated heterocycles. The second-order valence-electron chi connectivity index (χ2n) is 4.99. The third-order valence-electron chi connectivity index (χ3n) is 3.43. The van der Waals surface area contributed by atoms with E-state index in [1.807, 2.05) is 0 Å². The van der Waals surface area contributed by atoms with E-state index in [-0.39, 0.29) is 5.56 Å². The van der Waals surface area contributed by atoms with Crippen molar-refractivity contribution in [2.45, 2.75) is 31.9 Å². The highest BCUT2D eigenvalue weighted by molar-refractivity contribution is 5.58. The molecule has 19 heavy (non-hydrogen) atoms. The van der Waals surface area contributed by atoms with Crippen molar-refractivity contribution in [1.29, 1.82) is 0 Å². The van der Waals surface area contributed by atoms with Gasteiger partial charge in [-0.15, -0.1) is 0 Å². The van der Waals surface area contributed by atoms with Gasteiger partial charge in [0.1, 0.15) is 5.82 Å². The van der Waals surface area contributed by atoms with Gasteiger partial charge in [-0.25, -0.2) is 4.98 Å². The van der Waals surface area contributed by atoms with Crippen LogP contribution in [0, 0.1) is 6.92 Å². The fourth-order valence-corrected chi connectivity index (χ4v) is 2.16. The van der Waals surface area contributed by atoms with E-state index in [0.717, 1.165) is 24.6 Å². The molecule has 0 aliphatic heterocycles. The average Bonchev–Trinajstić information content (AvgIpc) is 3.07. The lowest BCUT2D eigenvalue weighted by Crippen LogP contribution is -2.07. The van der Waals surface area contributed by atoms with Crippen molar-refractivity contribution in [2.24, 2.45) is 0 Å². The Balaban J connectivity index is 1.99. The summed E-state index contributed by atoms with van der Waals surface area (Å²) in [5, 5.41) is 0. The standard InChI is InChI=1S/C14H13F3N2/c1-8-2-3-10(6-11(8)14(15,16)17)13-18-7-12(19-13)9-4-5-9/h2-3,6-7,9H,4-5H2,1H3,(H,18,19). The maximum Gasteiger partial charge on any atom is 0.416 e. The van der Waals surface area contributed by atoms with E-state index in [1.165, 1.54) is 13.0 Å². The number of rotatable bonds is 2. The van der Waals surface area contributed by atoms with Gasteiger partial charge in [0.05, 0.1) is 5.56 Å². The van der Waals surface area contributed by atoms with E-state index in [9.17, 15) is 13.2 Å². The summed E-state index contributed by atoms with van der Waals surface area (Å²) < 4.78 is 38.6. The van der Waals surface area contributed by atoms with E-state index < -0.39 is 11.7 Å². The molecule has 1 saturated carbocycles. The number of aromatic nitrogens is 2. The number of hydrogen-bond acceptors (Lipinski definition) is 1. The summed E-state index contributed by atoms with van der Waals surface area (Å²) in [6.45, 7) is 1.46. The van der Waals surface area contributed by atoms with Crippen LogP contribution in [0.3, 0.4) is 0 Å². The smallest absolute Gasteiger partial charge is 0.342 e. The van der Waals surface area contributed by atoms with Gasteiger partial charge in [0.25, 0.3) is 0 Å². The highest BCUT2D eigenvalue weighted by Crippen LogP contribution is 2.40. The summed E-state index contributed by atoms with van der Waals surface area (Å²) in [5.41, 5.74) is 1.12. The zero-order valence-corrected chi connectivity index (χ0v) is 10.4. The molecule has 1 aromatic heterocycles. The fraction of sp³-hybridized carbons (Fsp3) is 0.357.